The van der Waals surface area contributed by atoms with Crippen LogP contribution in [-0.2, 0) is 10.2 Å². The van der Waals surface area contributed by atoms with E-state index in [4.69, 9.17) is 4.74 Å². The van der Waals surface area contributed by atoms with Crippen molar-refractivity contribution >= 4 is 5.97 Å². The first kappa shape index (κ1) is 13.5. The van der Waals surface area contributed by atoms with Crippen LogP contribution in [0.3, 0.4) is 0 Å². The molecule has 0 bridgehead atoms. The van der Waals surface area contributed by atoms with Gasteiger partial charge in [-0.25, -0.2) is 0 Å². The van der Waals surface area contributed by atoms with Crippen LogP contribution in [0.1, 0.15) is 56.1 Å². The number of benzene rings is 1. The minimum atomic E-state index is -0.709. The zero-order valence-electron chi connectivity index (χ0n) is 12.0. The highest BCUT2D eigenvalue weighted by Gasteiger charge is 2.48. The Balaban J connectivity index is 1.98. The van der Waals surface area contributed by atoms with Gasteiger partial charge in [0.15, 0.2) is 0 Å². The van der Waals surface area contributed by atoms with Crippen molar-refractivity contribution in [2.75, 3.05) is 0 Å². The van der Waals surface area contributed by atoms with Crippen LogP contribution in [0.5, 0.6) is 5.75 Å². The molecule has 0 aliphatic heterocycles. The topological polar surface area (TPSA) is 46.5 Å². The fourth-order valence-electron chi connectivity index (χ4n) is 3.64. The van der Waals surface area contributed by atoms with Crippen molar-refractivity contribution in [3.8, 4) is 5.75 Å². The molecule has 20 heavy (non-hydrogen) atoms. The van der Waals surface area contributed by atoms with Gasteiger partial charge >= 0.3 is 5.97 Å². The van der Waals surface area contributed by atoms with Crippen LogP contribution in [0.4, 0.5) is 0 Å². The summed E-state index contributed by atoms with van der Waals surface area (Å²) in [5.41, 5.74) is 1.26. The number of aliphatic carboxylic acids is 1. The predicted octanol–water partition coefficient (Wildman–Crippen LogP) is 3.82. The van der Waals surface area contributed by atoms with Gasteiger partial charge in [-0.2, -0.15) is 0 Å². The van der Waals surface area contributed by atoms with E-state index < -0.39 is 11.4 Å². The van der Waals surface area contributed by atoms with Crippen LogP contribution in [0.2, 0.25) is 0 Å². The van der Waals surface area contributed by atoms with Gasteiger partial charge in [0.25, 0.3) is 0 Å². The maximum Gasteiger partial charge on any atom is 0.314 e. The molecule has 0 unspecified atom stereocenters. The summed E-state index contributed by atoms with van der Waals surface area (Å²) in [6.07, 6.45) is 7.33. The molecule has 1 aromatic rings. The maximum absolute atomic E-state index is 11.8. The molecule has 108 valence electrons. The van der Waals surface area contributed by atoms with E-state index in [1.807, 2.05) is 25.1 Å². The molecule has 1 N–H and O–H groups in total. The van der Waals surface area contributed by atoms with E-state index in [9.17, 15) is 9.90 Å². The van der Waals surface area contributed by atoms with Gasteiger partial charge < -0.3 is 9.84 Å². The second-order valence-electron chi connectivity index (χ2n) is 6.21. The number of carboxylic acid groups (broad SMARTS) is 1. The number of rotatable bonds is 4. The Bertz CT molecular complexity index is 511. The summed E-state index contributed by atoms with van der Waals surface area (Å²) in [5.74, 6) is 0.105. The minimum absolute atomic E-state index is 0.265. The van der Waals surface area contributed by atoms with E-state index in [1.54, 1.807) is 0 Å². The molecule has 0 spiro atoms. The number of carboxylic acids is 1. The summed E-state index contributed by atoms with van der Waals surface area (Å²) in [4.78, 5) is 11.8. The molecular formula is C17H22O3. The lowest BCUT2D eigenvalue weighted by Crippen LogP contribution is -2.43. The van der Waals surface area contributed by atoms with Crippen LogP contribution in [0, 0.1) is 6.92 Å². The smallest absolute Gasteiger partial charge is 0.314 e. The van der Waals surface area contributed by atoms with Crippen molar-refractivity contribution in [2.24, 2.45) is 0 Å². The average molecular weight is 274 g/mol. The second-order valence-corrected chi connectivity index (χ2v) is 6.21. The van der Waals surface area contributed by atoms with Crippen LogP contribution in [0.25, 0.3) is 0 Å². The Morgan fingerprint density at radius 1 is 1.25 bits per heavy atom. The van der Waals surface area contributed by atoms with Gasteiger partial charge in [-0.05, 0) is 57.1 Å². The monoisotopic (exact) mass is 274 g/mol. The van der Waals surface area contributed by atoms with Crippen molar-refractivity contribution in [2.45, 2.75) is 63.4 Å². The molecule has 0 saturated heterocycles. The molecule has 0 atom stereocenters. The third kappa shape index (κ3) is 2.09. The fourth-order valence-corrected chi connectivity index (χ4v) is 3.64. The Kier molecular flexibility index (Phi) is 3.45. The standard InChI is InChI=1S/C17H22O3/c1-12-6-4-9-14(20-13-7-2-3-8-13)15(12)17(16(18)19)10-5-11-17/h4,6,9,13H,2-3,5,7-8,10-11H2,1H3,(H,18,19). The average Bonchev–Trinajstić information content (AvgIpc) is 2.83. The van der Waals surface area contributed by atoms with Crippen LogP contribution in [-0.4, -0.2) is 17.2 Å². The molecular weight excluding hydrogens is 252 g/mol. The zero-order valence-corrected chi connectivity index (χ0v) is 12.0. The summed E-state index contributed by atoms with van der Waals surface area (Å²) in [6.45, 7) is 2.00. The van der Waals surface area contributed by atoms with E-state index in [0.717, 1.165) is 49.0 Å². The number of ether oxygens (including phenoxy) is 1. The van der Waals surface area contributed by atoms with E-state index in [1.165, 1.54) is 12.8 Å². The van der Waals surface area contributed by atoms with Crippen molar-refractivity contribution in [1.29, 1.82) is 0 Å². The maximum atomic E-state index is 11.8. The lowest BCUT2D eigenvalue weighted by Gasteiger charge is -2.40. The highest BCUT2D eigenvalue weighted by atomic mass is 16.5. The normalized spacial score (nSPS) is 21.4. The van der Waals surface area contributed by atoms with Gasteiger partial charge in [-0.3, -0.25) is 4.79 Å². The summed E-state index contributed by atoms with van der Waals surface area (Å²) in [5, 5.41) is 9.69. The number of hydrogen-bond donors (Lipinski definition) is 1. The van der Waals surface area contributed by atoms with Crippen molar-refractivity contribution < 1.29 is 14.6 Å². The minimum Gasteiger partial charge on any atom is -0.490 e. The van der Waals surface area contributed by atoms with E-state index in [2.05, 4.69) is 0 Å². The Hall–Kier alpha value is -1.51. The molecule has 1 aromatic carbocycles. The molecule has 2 fully saturated rings. The highest BCUT2D eigenvalue weighted by molar-refractivity contribution is 5.84. The van der Waals surface area contributed by atoms with Gasteiger partial charge in [-0.1, -0.05) is 18.6 Å². The molecule has 0 aromatic heterocycles. The highest BCUT2D eigenvalue weighted by Crippen LogP contribution is 2.49. The number of carbonyl (C=O) groups is 1. The lowest BCUT2D eigenvalue weighted by atomic mass is 9.63. The third-order valence-electron chi connectivity index (χ3n) is 4.93. The first-order valence-electron chi connectivity index (χ1n) is 7.64. The molecule has 2 saturated carbocycles. The van der Waals surface area contributed by atoms with E-state index >= 15 is 0 Å². The Morgan fingerprint density at radius 2 is 1.95 bits per heavy atom. The van der Waals surface area contributed by atoms with Gasteiger partial charge in [0.2, 0.25) is 0 Å². The van der Waals surface area contributed by atoms with Crippen molar-refractivity contribution in [1.82, 2.24) is 0 Å². The van der Waals surface area contributed by atoms with Crippen molar-refractivity contribution in [3.05, 3.63) is 29.3 Å². The number of aryl methyl sites for hydroxylation is 1. The summed E-state index contributed by atoms with van der Waals surface area (Å²) in [7, 11) is 0. The summed E-state index contributed by atoms with van der Waals surface area (Å²) >= 11 is 0. The van der Waals surface area contributed by atoms with Gasteiger partial charge in [0.05, 0.1) is 11.5 Å². The quantitative estimate of drug-likeness (QED) is 0.907. The molecule has 0 amide bonds. The molecule has 0 radical (unpaired) electrons. The van der Waals surface area contributed by atoms with Gasteiger partial charge in [0.1, 0.15) is 5.75 Å². The van der Waals surface area contributed by atoms with Crippen LogP contribution >= 0.6 is 0 Å². The van der Waals surface area contributed by atoms with E-state index in [0.29, 0.717) is 0 Å². The first-order chi connectivity index (χ1) is 9.63. The molecule has 2 aliphatic rings. The zero-order chi connectivity index (χ0) is 14.2. The molecule has 3 rings (SSSR count). The molecule has 3 nitrogen and oxygen atoms in total. The second kappa shape index (κ2) is 5.12. The van der Waals surface area contributed by atoms with Crippen LogP contribution < -0.4 is 4.74 Å². The largest absolute Gasteiger partial charge is 0.490 e. The van der Waals surface area contributed by atoms with Gasteiger partial charge in [0, 0.05) is 5.56 Å². The van der Waals surface area contributed by atoms with Gasteiger partial charge in [-0.15, -0.1) is 0 Å². The Labute approximate surface area is 120 Å². The first-order valence-corrected chi connectivity index (χ1v) is 7.64. The van der Waals surface area contributed by atoms with E-state index in [-0.39, 0.29) is 6.10 Å². The molecule has 3 heteroatoms. The lowest BCUT2D eigenvalue weighted by molar-refractivity contribution is -0.147. The summed E-state index contributed by atoms with van der Waals surface area (Å²) in [6, 6.07) is 5.92. The third-order valence-corrected chi connectivity index (χ3v) is 4.93. The van der Waals surface area contributed by atoms with Crippen molar-refractivity contribution in [3.63, 3.8) is 0 Å². The SMILES string of the molecule is Cc1cccc(OC2CCCC2)c1C1(C(=O)O)CCC1. The number of hydrogen-bond acceptors (Lipinski definition) is 2. The Morgan fingerprint density at radius 3 is 2.50 bits per heavy atom. The van der Waals surface area contributed by atoms with Crippen LogP contribution in [0.15, 0.2) is 18.2 Å². The molecule has 0 heterocycles. The summed E-state index contributed by atoms with van der Waals surface area (Å²) < 4.78 is 6.16. The fraction of sp³-hybridized carbons (Fsp3) is 0.588. The predicted molar refractivity (Wildman–Crippen MR) is 77.2 cm³/mol. The molecule has 2 aliphatic carbocycles.